The topological polar surface area (TPSA) is 41.8 Å². The minimum Gasteiger partial charge on any atom is -0.360 e. The molecule has 3 N–H and O–H groups in total. The van der Waals surface area contributed by atoms with Gasteiger partial charge in [0.05, 0.1) is 11.3 Å². The molecule has 0 aliphatic carbocycles. The molecule has 0 aliphatic rings. The van der Waals surface area contributed by atoms with Gasteiger partial charge in [-0.15, -0.1) is 5.10 Å². The number of fused-ring (bicyclic) bond motifs is 1. The highest BCUT2D eigenvalue weighted by Crippen LogP contribution is 2.21. The van der Waals surface area contributed by atoms with Crippen molar-refractivity contribution < 1.29 is 5.10 Å². The molecule has 1 aromatic heterocycles. The third kappa shape index (κ3) is 2.94. The molecule has 0 spiro atoms. The molecule has 0 atom stereocenters. The summed E-state index contributed by atoms with van der Waals surface area (Å²) in [5, 5.41) is 4.28. The minimum absolute atomic E-state index is 1.01. The van der Waals surface area contributed by atoms with Crippen molar-refractivity contribution in [1.82, 2.24) is 4.98 Å². The Labute approximate surface area is 133 Å². The van der Waals surface area contributed by atoms with Gasteiger partial charge < -0.3 is 4.98 Å². The molecule has 1 heterocycles. The van der Waals surface area contributed by atoms with Crippen LogP contribution in [-0.4, -0.2) is 11.2 Å². The van der Waals surface area contributed by atoms with Crippen molar-refractivity contribution in [2.24, 2.45) is 0 Å². The number of hydrazine groups is 1. The average Bonchev–Trinajstić information content (AvgIpc) is 2.84. The van der Waals surface area contributed by atoms with E-state index in [0.717, 1.165) is 25.7 Å². The molecule has 3 rings (SSSR count). The number of hydrogen-bond acceptors (Lipinski definition) is 1. The number of benzene rings is 2. The van der Waals surface area contributed by atoms with E-state index in [1.165, 1.54) is 5.39 Å². The fraction of sp³-hybridized carbons (Fsp3) is 0. The molecular weight excluding hydrogens is 382 g/mol. The van der Waals surface area contributed by atoms with Gasteiger partial charge in [0, 0.05) is 26.0 Å². The van der Waals surface area contributed by atoms with Crippen LogP contribution >= 0.6 is 31.9 Å². The Hall–Kier alpha value is -1.59. The van der Waals surface area contributed by atoms with Crippen LogP contribution in [0.2, 0.25) is 0 Å². The van der Waals surface area contributed by atoms with Crippen molar-refractivity contribution in [2.75, 3.05) is 5.43 Å². The normalized spacial score (nSPS) is 11.3. The fourth-order valence-corrected chi connectivity index (χ4v) is 2.59. The van der Waals surface area contributed by atoms with Crippen LogP contribution in [0.5, 0.6) is 0 Å². The Kier molecular flexibility index (Phi) is 3.89. The fourth-order valence-electron chi connectivity index (χ4n) is 1.96. The number of rotatable bonds is 3. The van der Waals surface area contributed by atoms with Crippen molar-refractivity contribution in [3.8, 4) is 0 Å². The number of hydrazone groups is 1. The van der Waals surface area contributed by atoms with Crippen molar-refractivity contribution in [3.05, 3.63) is 63.2 Å². The molecule has 5 heteroatoms. The molecule has 3 nitrogen and oxygen atoms in total. The number of H-pyrrole nitrogens is 1. The summed E-state index contributed by atoms with van der Waals surface area (Å²) < 4.78 is 2.13. The summed E-state index contributed by atoms with van der Waals surface area (Å²) in [6.07, 6.45) is 3.92. The minimum atomic E-state index is 1.01. The molecule has 0 radical (unpaired) electrons. The maximum Gasteiger partial charge on any atom is 0.200 e. The summed E-state index contributed by atoms with van der Waals surface area (Å²) in [5.41, 5.74) is 6.36. The number of hydrogen-bond donors (Lipinski definition) is 3. The van der Waals surface area contributed by atoms with Crippen LogP contribution in [0.1, 0.15) is 5.56 Å². The highest BCUT2D eigenvalue weighted by Gasteiger charge is 2.04. The van der Waals surface area contributed by atoms with Crippen LogP contribution in [-0.2, 0) is 0 Å². The molecule has 0 saturated carbocycles. The van der Waals surface area contributed by atoms with Crippen LogP contribution in [0.4, 0.5) is 5.69 Å². The lowest BCUT2D eigenvalue weighted by Gasteiger charge is -1.95. The van der Waals surface area contributed by atoms with Gasteiger partial charge in [-0.25, -0.2) is 0 Å². The van der Waals surface area contributed by atoms with E-state index in [1.807, 2.05) is 42.7 Å². The first-order chi connectivity index (χ1) is 9.72. The van der Waals surface area contributed by atoms with E-state index in [2.05, 4.69) is 59.5 Å². The van der Waals surface area contributed by atoms with Gasteiger partial charge in [-0.2, -0.15) is 5.43 Å². The molecule has 0 bridgehead atoms. The lowest BCUT2D eigenvalue weighted by molar-refractivity contribution is -0.413. The first kappa shape index (κ1) is 13.4. The van der Waals surface area contributed by atoms with E-state index >= 15 is 0 Å². The Balaban J connectivity index is 1.80. The molecule has 0 amide bonds. The van der Waals surface area contributed by atoms with Crippen LogP contribution in [0.15, 0.2) is 57.6 Å². The quantitative estimate of drug-likeness (QED) is 0.464. The largest absolute Gasteiger partial charge is 0.360 e. The smallest absolute Gasteiger partial charge is 0.200 e. The van der Waals surface area contributed by atoms with E-state index < -0.39 is 0 Å². The van der Waals surface area contributed by atoms with E-state index in [9.17, 15) is 0 Å². The Morgan fingerprint density at radius 2 is 1.75 bits per heavy atom. The van der Waals surface area contributed by atoms with Gasteiger partial charge in [0.25, 0.3) is 0 Å². The highest BCUT2D eigenvalue weighted by atomic mass is 79.9. The third-order valence-corrected chi connectivity index (χ3v) is 3.99. The zero-order valence-corrected chi connectivity index (χ0v) is 13.6. The van der Waals surface area contributed by atoms with E-state index in [0.29, 0.717) is 0 Å². The van der Waals surface area contributed by atoms with E-state index in [1.54, 1.807) is 0 Å². The molecular formula is C15H12Br2N3+. The third-order valence-electron chi connectivity index (χ3n) is 2.96. The summed E-state index contributed by atoms with van der Waals surface area (Å²) in [6.45, 7) is 0. The van der Waals surface area contributed by atoms with Gasteiger partial charge in [-0.05, 0) is 42.5 Å². The first-order valence-electron chi connectivity index (χ1n) is 6.09. The molecule has 20 heavy (non-hydrogen) atoms. The van der Waals surface area contributed by atoms with Gasteiger partial charge >= 0.3 is 0 Å². The predicted octanol–water partition coefficient (Wildman–Crippen LogP) is 3.22. The lowest BCUT2D eigenvalue weighted by atomic mass is 10.2. The monoisotopic (exact) mass is 392 g/mol. The molecule has 2 aromatic carbocycles. The maximum atomic E-state index is 3.49. The van der Waals surface area contributed by atoms with Crippen LogP contribution in [0.3, 0.4) is 0 Å². The van der Waals surface area contributed by atoms with Gasteiger partial charge in [0.15, 0.2) is 6.21 Å². The Morgan fingerprint density at radius 3 is 2.55 bits per heavy atom. The summed E-state index contributed by atoms with van der Waals surface area (Å²) in [4.78, 5) is 3.25. The Bertz CT molecular complexity index is 760. The van der Waals surface area contributed by atoms with Crippen LogP contribution in [0.25, 0.3) is 10.9 Å². The SMILES string of the molecule is Brc1ccc(N/[NH+]=C/c2c[nH]c3ccc(Br)cc23)cc1. The molecule has 3 aromatic rings. The van der Waals surface area contributed by atoms with Crippen molar-refractivity contribution >= 4 is 54.7 Å². The number of halogens is 2. The molecule has 0 fully saturated rings. The summed E-state index contributed by atoms with van der Waals surface area (Å²) >= 11 is 6.91. The average molecular weight is 394 g/mol. The maximum absolute atomic E-state index is 3.49. The van der Waals surface area contributed by atoms with E-state index in [4.69, 9.17) is 0 Å². The van der Waals surface area contributed by atoms with Gasteiger partial charge in [0.2, 0.25) is 0 Å². The second-order valence-electron chi connectivity index (χ2n) is 4.35. The van der Waals surface area contributed by atoms with Crippen LogP contribution < -0.4 is 10.5 Å². The standard InChI is InChI=1S/C15H11Br2N3/c16-11-1-4-13(5-2-11)20-19-9-10-8-18-15-6-3-12(17)7-14(10)15/h1-9,18,20H/p+1/b19-9+. The molecule has 0 aliphatic heterocycles. The number of nitrogens with one attached hydrogen (secondary N) is 3. The van der Waals surface area contributed by atoms with Crippen molar-refractivity contribution in [1.29, 1.82) is 0 Å². The summed E-state index contributed by atoms with van der Waals surface area (Å²) in [5.74, 6) is 0. The zero-order chi connectivity index (χ0) is 13.9. The van der Waals surface area contributed by atoms with Gasteiger partial charge in [-0.3, -0.25) is 0 Å². The molecule has 100 valence electrons. The van der Waals surface area contributed by atoms with Crippen LogP contribution in [0, 0.1) is 0 Å². The Morgan fingerprint density at radius 1 is 1.00 bits per heavy atom. The molecule has 0 unspecified atom stereocenters. The summed E-state index contributed by atoms with van der Waals surface area (Å²) in [7, 11) is 0. The van der Waals surface area contributed by atoms with Gasteiger partial charge in [0.1, 0.15) is 0 Å². The highest BCUT2D eigenvalue weighted by molar-refractivity contribution is 9.10. The van der Waals surface area contributed by atoms with Gasteiger partial charge in [-0.1, -0.05) is 31.9 Å². The second kappa shape index (κ2) is 5.81. The first-order valence-corrected chi connectivity index (χ1v) is 7.68. The second-order valence-corrected chi connectivity index (χ2v) is 6.19. The van der Waals surface area contributed by atoms with Crippen molar-refractivity contribution in [3.63, 3.8) is 0 Å². The van der Waals surface area contributed by atoms with E-state index in [-0.39, 0.29) is 0 Å². The molecule has 0 saturated heterocycles. The number of aromatic nitrogens is 1. The van der Waals surface area contributed by atoms with Crippen molar-refractivity contribution in [2.45, 2.75) is 0 Å². The lowest BCUT2D eigenvalue weighted by Crippen LogP contribution is -2.74. The number of anilines is 1. The number of aromatic amines is 1. The zero-order valence-electron chi connectivity index (χ0n) is 10.5. The predicted molar refractivity (Wildman–Crippen MR) is 89.9 cm³/mol. The summed E-state index contributed by atoms with van der Waals surface area (Å²) in [6, 6.07) is 14.2.